The van der Waals surface area contributed by atoms with Crippen molar-refractivity contribution in [2.45, 2.75) is 13.5 Å². The van der Waals surface area contributed by atoms with Gasteiger partial charge in [-0.15, -0.1) is 0 Å². The standard InChI is InChI=1S/C26H22N2O5/c1-17-6-3-4-8-22(17)28-25(29)21(15-27)14-20-7-5-9-23(32-2)24(20)33-16-18-10-12-19(13-11-18)26(30)31/h3-14H,16H2,1-2H3,(H,28,29)(H,30,31)/b21-14-. The molecule has 0 atom stereocenters. The number of carboxylic acids is 1. The summed E-state index contributed by atoms with van der Waals surface area (Å²) < 4.78 is 11.3. The maximum absolute atomic E-state index is 12.7. The van der Waals surface area contributed by atoms with Gasteiger partial charge in [0, 0.05) is 11.3 Å². The molecule has 0 aromatic heterocycles. The van der Waals surface area contributed by atoms with E-state index >= 15 is 0 Å². The van der Waals surface area contributed by atoms with Gasteiger partial charge in [-0.1, -0.05) is 42.5 Å². The Kier molecular flexibility index (Phi) is 7.45. The molecule has 7 nitrogen and oxygen atoms in total. The number of hydrogen-bond donors (Lipinski definition) is 2. The Morgan fingerprint density at radius 1 is 1.06 bits per heavy atom. The van der Waals surface area contributed by atoms with E-state index in [4.69, 9.17) is 14.6 Å². The summed E-state index contributed by atoms with van der Waals surface area (Å²) in [4.78, 5) is 23.7. The summed E-state index contributed by atoms with van der Waals surface area (Å²) >= 11 is 0. The van der Waals surface area contributed by atoms with Crippen molar-refractivity contribution in [1.82, 2.24) is 0 Å². The van der Waals surface area contributed by atoms with Gasteiger partial charge in [-0.3, -0.25) is 4.79 Å². The van der Waals surface area contributed by atoms with Crippen LogP contribution in [0.3, 0.4) is 0 Å². The minimum absolute atomic E-state index is 0.0952. The number of aryl methyl sites for hydroxylation is 1. The maximum Gasteiger partial charge on any atom is 0.335 e. The van der Waals surface area contributed by atoms with Crippen LogP contribution in [-0.4, -0.2) is 24.1 Å². The number of methoxy groups -OCH3 is 1. The van der Waals surface area contributed by atoms with E-state index in [0.717, 1.165) is 11.1 Å². The average molecular weight is 442 g/mol. The molecule has 0 fully saturated rings. The first-order valence-corrected chi connectivity index (χ1v) is 10.0. The number of para-hydroxylation sites is 2. The highest BCUT2D eigenvalue weighted by atomic mass is 16.5. The molecule has 0 unspecified atom stereocenters. The maximum atomic E-state index is 12.7. The van der Waals surface area contributed by atoms with E-state index in [0.29, 0.717) is 22.7 Å². The van der Waals surface area contributed by atoms with Crippen LogP contribution < -0.4 is 14.8 Å². The van der Waals surface area contributed by atoms with E-state index in [2.05, 4.69) is 5.32 Å². The van der Waals surface area contributed by atoms with Gasteiger partial charge in [-0.25, -0.2) is 4.79 Å². The monoisotopic (exact) mass is 442 g/mol. The molecule has 7 heteroatoms. The zero-order chi connectivity index (χ0) is 23.8. The summed E-state index contributed by atoms with van der Waals surface area (Å²) in [5.41, 5.74) is 2.82. The summed E-state index contributed by atoms with van der Waals surface area (Å²) in [6.45, 7) is 2.00. The van der Waals surface area contributed by atoms with Gasteiger partial charge in [0.1, 0.15) is 18.2 Å². The van der Waals surface area contributed by atoms with Crippen LogP contribution in [0.1, 0.15) is 27.0 Å². The van der Waals surface area contributed by atoms with Gasteiger partial charge in [-0.2, -0.15) is 5.26 Å². The largest absolute Gasteiger partial charge is 0.493 e. The van der Waals surface area contributed by atoms with Crippen molar-refractivity contribution in [1.29, 1.82) is 5.26 Å². The third-order valence-corrected chi connectivity index (χ3v) is 4.87. The molecular weight excluding hydrogens is 420 g/mol. The van der Waals surface area contributed by atoms with Crippen molar-refractivity contribution in [3.63, 3.8) is 0 Å². The summed E-state index contributed by atoms with van der Waals surface area (Å²) in [7, 11) is 1.49. The molecular formula is C26H22N2O5. The van der Waals surface area contributed by atoms with Crippen molar-refractivity contribution >= 4 is 23.6 Å². The smallest absolute Gasteiger partial charge is 0.335 e. The third-order valence-electron chi connectivity index (χ3n) is 4.87. The molecule has 0 bridgehead atoms. The molecule has 0 heterocycles. The fourth-order valence-corrected chi connectivity index (χ4v) is 3.07. The SMILES string of the molecule is COc1cccc(/C=C(/C#N)C(=O)Nc2ccccc2C)c1OCc1ccc(C(=O)O)cc1. The van der Waals surface area contributed by atoms with E-state index in [1.165, 1.54) is 25.3 Å². The molecule has 0 saturated carbocycles. The zero-order valence-electron chi connectivity index (χ0n) is 18.2. The molecule has 0 spiro atoms. The Hall–Kier alpha value is -4.57. The summed E-state index contributed by atoms with van der Waals surface area (Å²) in [6.07, 6.45) is 1.44. The molecule has 3 rings (SSSR count). The van der Waals surface area contributed by atoms with Gasteiger partial charge in [0.25, 0.3) is 5.91 Å². The van der Waals surface area contributed by atoms with Gasteiger partial charge in [0.2, 0.25) is 0 Å². The Morgan fingerprint density at radius 2 is 1.79 bits per heavy atom. The number of ether oxygens (including phenoxy) is 2. The van der Waals surface area contributed by atoms with E-state index in [1.54, 1.807) is 42.5 Å². The lowest BCUT2D eigenvalue weighted by Crippen LogP contribution is -2.14. The number of carbonyl (C=O) groups excluding carboxylic acids is 1. The Bertz CT molecular complexity index is 1240. The van der Waals surface area contributed by atoms with Crippen molar-refractivity contribution in [3.05, 3.63) is 94.6 Å². The van der Waals surface area contributed by atoms with Crippen molar-refractivity contribution in [3.8, 4) is 17.6 Å². The normalized spacial score (nSPS) is 10.8. The number of anilines is 1. The molecule has 0 saturated heterocycles. The van der Waals surface area contributed by atoms with Crippen molar-refractivity contribution < 1.29 is 24.2 Å². The Labute approximate surface area is 191 Å². The molecule has 3 aromatic rings. The number of nitriles is 1. The van der Waals surface area contributed by atoms with Crippen LogP contribution in [0.2, 0.25) is 0 Å². The first kappa shape index (κ1) is 23.1. The summed E-state index contributed by atoms with van der Waals surface area (Å²) in [5.74, 6) is -0.751. The number of aromatic carboxylic acids is 1. The molecule has 2 N–H and O–H groups in total. The number of rotatable bonds is 8. The lowest BCUT2D eigenvalue weighted by atomic mass is 10.1. The molecule has 0 aliphatic rings. The van der Waals surface area contributed by atoms with E-state index in [-0.39, 0.29) is 17.7 Å². The topological polar surface area (TPSA) is 109 Å². The lowest BCUT2D eigenvalue weighted by molar-refractivity contribution is -0.112. The fourth-order valence-electron chi connectivity index (χ4n) is 3.07. The van der Waals surface area contributed by atoms with Crippen LogP contribution in [0.4, 0.5) is 5.69 Å². The number of nitrogens with zero attached hydrogens (tertiary/aromatic N) is 1. The van der Waals surface area contributed by atoms with Crippen LogP contribution in [0.5, 0.6) is 11.5 Å². The van der Waals surface area contributed by atoms with Crippen LogP contribution in [0.15, 0.2) is 72.3 Å². The first-order valence-electron chi connectivity index (χ1n) is 10.0. The number of carboxylic acid groups (broad SMARTS) is 1. The van der Waals surface area contributed by atoms with Gasteiger partial charge in [0.15, 0.2) is 11.5 Å². The second-order valence-corrected chi connectivity index (χ2v) is 7.11. The van der Waals surface area contributed by atoms with E-state index in [1.807, 2.05) is 25.1 Å². The van der Waals surface area contributed by atoms with Gasteiger partial charge < -0.3 is 19.9 Å². The minimum Gasteiger partial charge on any atom is -0.493 e. The van der Waals surface area contributed by atoms with Gasteiger partial charge in [0.05, 0.1) is 12.7 Å². The highest BCUT2D eigenvalue weighted by Crippen LogP contribution is 2.33. The van der Waals surface area contributed by atoms with Gasteiger partial charge >= 0.3 is 5.97 Å². The van der Waals surface area contributed by atoms with Crippen LogP contribution >= 0.6 is 0 Å². The molecule has 1 amide bonds. The first-order chi connectivity index (χ1) is 15.9. The number of amides is 1. The summed E-state index contributed by atoms with van der Waals surface area (Å²) in [5, 5.41) is 21.4. The predicted octanol–water partition coefficient (Wildman–Crippen LogP) is 4.83. The highest BCUT2D eigenvalue weighted by Gasteiger charge is 2.15. The Balaban J connectivity index is 1.86. The minimum atomic E-state index is -1.01. The molecule has 0 aliphatic heterocycles. The zero-order valence-corrected chi connectivity index (χ0v) is 18.2. The quantitative estimate of drug-likeness (QED) is 0.382. The second-order valence-electron chi connectivity index (χ2n) is 7.11. The third kappa shape index (κ3) is 5.77. The molecule has 0 aliphatic carbocycles. The van der Waals surface area contributed by atoms with Crippen LogP contribution in [-0.2, 0) is 11.4 Å². The number of nitrogens with one attached hydrogen (secondary N) is 1. The average Bonchev–Trinajstić information content (AvgIpc) is 2.82. The molecule has 3 aromatic carbocycles. The highest BCUT2D eigenvalue weighted by molar-refractivity contribution is 6.10. The van der Waals surface area contributed by atoms with Crippen molar-refractivity contribution in [2.24, 2.45) is 0 Å². The number of hydrogen-bond acceptors (Lipinski definition) is 5. The van der Waals surface area contributed by atoms with Crippen molar-refractivity contribution in [2.75, 3.05) is 12.4 Å². The lowest BCUT2D eigenvalue weighted by Gasteiger charge is -2.14. The predicted molar refractivity (Wildman–Crippen MR) is 124 cm³/mol. The van der Waals surface area contributed by atoms with Gasteiger partial charge in [-0.05, 0) is 48.4 Å². The Morgan fingerprint density at radius 3 is 2.42 bits per heavy atom. The number of benzene rings is 3. The molecule has 33 heavy (non-hydrogen) atoms. The summed E-state index contributed by atoms with van der Waals surface area (Å²) in [6, 6.07) is 20.7. The number of carbonyl (C=O) groups is 2. The van der Waals surface area contributed by atoms with Crippen LogP contribution in [0, 0.1) is 18.3 Å². The van der Waals surface area contributed by atoms with E-state index in [9.17, 15) is 14.9 Å². The fraction of sp³-hybridized carbons (Fsp3) is 0.115. The second kappa shape index (κ2) is 10.6. The molecule has 166 valence electrons. The van der Waals surface area contributed by atoms with Crippen LogP contribution in [0.25, 0.3) is 6.08 Å². The molecule has 0 radical (unpaired) electrons. The van der Waals surface area contributed by atoms with E-state index < -0.39 is 11.9 Å².